The quantitative estimate of drug-likeness (QED) is 0.812. The molecule has 0 saturated carbocycles. The lowest BCUT2D eigenvalue weighted by Crippen LogP contribution is -2.24. The highest BCUT2D eigenvalue weighted by Gasteiger charge is 2.00. The van der Waals surface area contributed by atoms with E-state index in [1.165, 1.54) is 0 Å². The van der Waals surface area contributed by atoms with Crippen LogP contribution in [0, 0.1) is 0 Å². The zero-order valence-electron chi connectivity index (χ0n) is 7.93. The summed E-state index contributed by atoms with van der Waals surface area (Å²) in [5, 5.41) is 6.43. The Balaban J connectivity index is 2.86. The Morgan fingerprint density at radius 3 is 2.71 bits per heavy atom. The molecule has 0 amide bonds. The summed E-state index contributed by atoms with van der Waals surface area (Å²) in [6, 6.07) is 5.67. The van der Waals surface area contributed by atoms with E-state index in [1.807, 2.05) is 18.2 Å². The zero-order valence-corrected chi connectivity index (χ0v) is 10.3. The summed E-state index contributed by atoms with van der Waals surface area (Å²) < 4.78 is 6.06. The lowest BCUT2D eigenvalue weighted by molar-refractivity contribution is 0.415. The van der Waals surface area contributed by atoms with Crippen LogP contribution in [-0.2, 0) is 0 Å². The summed E-state index contributed by atoms with van der Waals surface area (Å²) in [6.07, 6.45) is 0. The predicted octanol–water partition coefficient (Wildman–Crippen LogP) is 2.37. The van der Waals surface area contributed by atoms with Gasteiger partial charge in [0, 0.05) is 23.3 Å². The van der Waals surface area contributed by atoms with Crippen LogP contribution in [0.25, 0.3) is 0 Å². The number of hydrogen-bond donors (Lipinski definition) is 2. The number of rotatable bonds is 2. The van der Waals surface area contributed by atoms with Gasteiger partial charge in [-0.1, -0.05) is 15.9 Å². The Labute approximate surface area is 97.0 Å². The van der Waals surface area contributed by atoms with Crippen LogP contribution in [0.4, 0.5) is 5.69 Å². The van der Waals surface area contributed by atoms with Crippen molar-refractivity contribution >= 4 is 38.9 Å². The first-order valence-electron chi connectivity index (χ1n) is 3.99. The van der Waals surface area contributed by atoms with Crippen LogP contribution in [0.3, 0.4) is 0 Å². The van der Waals surface area contributed by atoms with Crippen LogP contribution in [-0.4, -0.2) is 19.3 Å². The van der Waals surface area contributed by atoms with Crippen molar-refractivity contribution in [3.05, 3.63) is 22.7 Å². The first-order valence-corrected chi connectivity index (χ1v) is 5.19. The van der Waals surface area contributed by atoms with E-state index < -0.39 is 0 Å². The van der Waals surface area contributed by atoms with Crippen molar-refractivity contribution < 1.29 is 4.74 Å². The topological polar surface area (TPSA) is 33.3 Å². The van der Waals surface area contributed by atoms with E-state index in [1.54, 1.807) is 14.2 Å². The third kappa shape index (κ3) is 3.16. The number of methoxy groups -OCH3 is 1. The average molecular weight is 275 g/mol. The van der Waals surface area contributed by atoms with Gasteiger partial charge in [-0.3, -0.25) is 0 Å². The summed E-state index contributed by atoms with van der Waals surface area (Å²) in [5.41, 5.74) is 0.885. The Bertz CT molecular complexity index is 344. The standard InChI is InChI=1S/C9H11BrN2OS/c1-11-9(14)12-7-3-6(10)4-8(5-7)13-2/h3-5H,1-2H3,(H2,11,12,14). The smallest absolute Gasteiger partial charge is 0.170 e. The molecule has 0 bridgehead atoms. The molecule has 0 aromatic heterocycles. The second kappa shape index (κ2) is 5.17. The van der Waals surface area contributed by atoms with Gasteiger partial charge in [-0.05, 0) is 24.4 Å². The van der Waals surface area contributed by atoms with Gasteiger partial charge in [0.1, 0.15) is 5.75 Å². The van der Waals surface area contributed by atoms with E-state index in [0.29, 0.717) is 5.11 Å². The maximum absolute atomic E-state index is 5.12. The Hall–Kier alpha value is -0.810. The fraction of sp³-hybridized carbons (Fsp3) is 0.222. The van der Waals surface area contributed by atoms with Crippen molar-refractivity contribution in [3.8, 4) is 5.75 Å². The lowest BCUT2D eigenvalue weighted by Gasteiger charge is -2.09. The van der Waals surface area contributed by atoms with Crippen molar-refractivity contribution in [1.82, 2.24) is 5.32 Å². The molecule has 0 aliphatic heterocycles. The molecule has 0 aliphatic carbocycles. The molecular weight excluding hydrogens is 264 g/mol. The van der Waals surface area contributed by atoms with Crippen LogP contribution in [0.1, 0.15) is 0 Å². The van der Waals surface area contributed by atoms with Crippen LogP contribution in [0.5, 0.6) is 5.75 Å². The molecule has 1 aromatic rings. The number of nitrogens with one attached hydrogen (secondary N) is 2. The van der Waals surface area contributed by atoms with Gasteiger partial charge in [0.05, 0.1) is 7.11 Å². The maximum atomic E-state index is 5.12. The molecule has 0 radical (unpaired) electrons. The molecule has 0 saturated heterocycles. The average Bonchev–Trinajstić information content (AvgIpc) is 2.16. The molecule has 0 unspecified atom stereocenters. The van der Waals surface area contributed by atoms with E-state index in [0.717, 1.165) is 15.9 Å². The largest absolute Gasteiger partial charge is 0.497 e. The molecule has 0 spiro atoms. The van der Waals surface area contributed by atoms with Crippen molar-refractivity contribution in [3.63, 3.8) is 0 Å². The molecule has 1 rings (SSSR count). The highest BCUT2D eigenvalue weighted by Crippen LogP contribution is 2.24. The second-order valence-electron chi connectivity index (χ2n) is 2.58. The minimum atomic E-state index is 0.574. The molecule has 1 aromatic carbocycles. The molecule has 3 nitrogen and oxygen atoms in total. The Kier molecular flexibility index (Phi) is 4.16. The zero-order chi connectivity index (χ0) is 10.6. The SMILES string of the molecule is CNC(=S)Nc1cc(Br)cc(OC)c1. The summed E-state index contributed by atoms with van der Waals surface area (Å²) in [5.74, 6) is 0.778. The number of ether oxygens (including phenoxy) is 1. The van der Waals surface area contributed by atoms with E-state index in [-0.39, 0.29) is 0 Å². The minimum absolute atomic E-state index is 0.574. The first-order chi connectivity index (χ1) is 6.65. The van der Waals surface area contributed by atoms with Crippen molar-refractivity contribution in [2.75, 3.05) is 19.5 Å². The fourth-order valence-electron chi connectivity index (χ4n) is 0.946. The van der Waals surface area contributed by atoms with Gasteiger partial charge in [0.25, 0.3) is 0 Å². The molecule has 2 N–H and O–H groups in total. The van der Waals surface area contributed by atoms with E-state index in [2.05, 4.69) is 26.6 Å². The van der Waals surface area contributed by atoms with Gasteiger partial charge >= 0.3 is 0 Å². The number of thiocarbonyl (C=S) groups is 1. The number of hydrogen-bond acceptors (Lipinski definition) is 2. The molecule has 76 valence electrons. The molecule has 0 heterocycles. The highest BCUT2D eigenvalue weighted by molar-refractivity contribution is 9.10. The summed E-state index contributed by atoms with van der Waals surface area (Å²) >= 11 is 8.36. The second-order valence-corrected chi connectivity index (χ2v) is 3.91. The summed E-state index contributed by atoms with van der Waals surface area (Å²) in [7, 11) is 3.40. The van der Waals surface area contributed by atoms with Crippen LogP contribution in [0.2, 0.25) is 0 Å². The van der Waals surface area contributed by atoms with Gasteiger partial charge in [0.2, 0.25) is 0 Å². The summed E-state index contributed by atoms with van der Waals surface area (Å²) in [6.45, 7) is 0. The van der Waals surface area contributed by atoms with E-state index in [4.69, 9.17) is 17.0 Å². The number of benzene rings is 1. The Morgan fingerprint density at radius 1 is 1.43 bits per heavy atom. The Morgan fingerprint density at radius 2 is 2.14 bits per heavy atom. The van der Waals surface area contributed by atoms with E-state index in [9.17, 15) is 0 Å². The van der Waals surface area contributed by atoms with Gasteiger partial charge in [-0.25, -0.2) is 0 Å². The molecule has 0 aliphatic rings. The molecule has 5 heteroatoms. The number of anilines is 1. The van der Waals surface area contributed by atoms with Crippen molar-refractivity contribution in [2.45, 2.75) is 0 Å². The van der Waals surface area contributed by atoms with Crippen LogP contribution in [0.15, 0.2) is 22.7 Å². The number of halogens is 1. The maximum Gasteiger partial charge on any atom is 0.170 e. The minimum Gasteiger partial charge on any atom is -0.497 e. The van der Waals surface area contributed by atoms with Gasteiger partial charge < -0.3 is 15.4 Å². The van der Waals surface area contributed by atoms with Crippen molar-refractivity contribution in [2.24, 2.45) is 0 Å². The predicted molar refractivity (Wildman–Crippen MR) is 66.0 cm³/mol. The van der Waals surface area contributed by atoms with Crippen molar-refractivity contribution in [1.29, 1.82) is 0 Å². The highest BCUT2D eigenvalue weighted by atomic mass is 79.9. The van der Waals surface area contributed by atoms with Gasteiger partial charge in [-0.15, -0.1) is 0 Å². The monoisotopic (exact) mass is 274 g/mol. The molecule has 0 atom stereocenters. The normalized spacial score (nSPS) is 9.36. The molecular formula is C9H11BrN2OS. The third-order valence-electron chi connectivity index (χ3n) is 1.59. The lowest BCUT2D eigenvalue weighted by atomic mass is 10.3. The van der Waals surface area contributed by atoms with Crippen LogP contribution >= 0.6 is 28.1 Å². The first kappa shape index (κ1) is 11.3. The fourth-order valence-corrected chi connectivity index (χ4v) is 1.54. The van der Waals surface area contributed by atoms with E-state index >= 15 is 0 Å². The van der Waals surface area contributed by atoms with Crippen LogP contribution < -0.4 is 15.4 Å². The third-order valence-corrected chi connectivity index (χ3v) is 2.36. The van der Waals surface area contributed by atoms with Gasteiger partial charge in [-0.2, -0.15) is 0 Å². The summed E-state index contributed by atoms with van der Waals surface area (Å²) in [4.78, 5) is 0. The van der Waals surface area contributed by atoms with Gasteiger partial charge in [0.15, 0.2) is 5.11 Å². The molecule has 14 heavy (non-hydrogen) atoms. The molecule has 0 fully saturated rings.